The molecule has 0 radical (unpaired) electrons. The summed E-state index contributed by atoms with van der Waals surface area (Å²) in [5.41, 5.74) is -0.689. The summed E-state index contributed by atoms with van der Waals surface area (Å²) in [5, 5.41) is 23.2. The zero-order valence-electron chi connectivity index (χ0n) is 20.2. The second kappa shape index (κ2) is 10.1. The molecule has 5 rings (SSSR count). The second-order valence-electron chi connectivity index (χ2n) is 9.43. The Bertz CT molecular complexity index is 1320. The summed E-state index contributed by atoms with van der Waals surface area (Å²) in [6, 6.07) is 5.27. The maximum atomic E-state index is 16.1. The summed E-state index contributed by atoms with van der Waals surface area (Å²) in [6.45, 7) is 3.01. The van der Waals surface area contributed by atoms with E-state index in [2.05, 4.69) is 22.2 Å². The lowest BCUT2D eigenvalue weighted by atomic mass is 10.0. The third-order valence-electron chi connectivity index (χ3n) is 7.01. The van der Waals surface area contributed by atoms with Crippen LogP contribution in [-0.2, 0) is 0 Å². The number of likely N-dealkylation sites (tertiary alicyclic amines) is 1. The zero-order valence-corrected chi connectivity index (χ0v) is 21.0. The minimum Gasteiger partial charge on any atom is -0.507 e. The van der Waals surface area contributed by atoms with Gasteiger partial charge >= 0.3 is 6.09 Å². The number of aromatic hydroxyl groups is 1. The number of rotatable bonds is 4. The molecule has 2 saturated heterocycles. The van der Waals surface area contributed by atoms with Gasteiger partial charge in [-0.3, -0.25) is 0 Å². The first-order valence-electron chi connectivity index (χ1n) is 12.1. The highest BCUT2D eigenvalue weighted by molar-refractivity contribution is 6.34. The van der Waals surface area contributed by atoms with Crippen molar-refractivity contribution in [1.82, 2.24) is 19.8 Å². The highest BCUT2D eigenvalue weighted by Crippen LogP contribution is 2.42. The number of amides is 1. The molecule has 196 valence electrons. The topological polar surface area (TPSA) is 105 Å². The van der Waals surface area contributed by atoms with Crippen LogP contribution in [0.25, 0.3) is 22.0 Å². The SMILES string of the molecule is CN1CCC(Nc2nc(N3CCN(C(=O)O)CC3)c3cc(Cl)c(-c4c(O)cccc4F)c(F)c3n2)CC1. The maximum absolute atomic E-state index is 16.1. The molecule has 0 bridgehead atoms. The van der Waals surface area contributed by atoms with E-state index in [-0.39, 0.29) is 46.7 Å². The summed E-state index contributed by atoms with van der Waals surface area (Å²) in [6.07, 6.45) is 0.726. The zero-order chi connectivity index (χ0) is 26.3. The third kappa shape index (κ3) is 4.93. The molecule has 1 amide bonds. The molecule has 12 heteroatoms. The summed E-state index contributed by atoms with van der Waals surface area (Å²) in [5.74, 6) is -1.49. The van der Waals surface area contributed by atoms with Crippen LogP contribution in [0.2, 0.25) is 5.02 Å². The van der Waals surface area contributed by atoms with Gasteiger partial charge in [0.2, 0.25) is 5.95 Å². The largest absolute Gasteiger partial charge is 0.507 e. The van der Waals surface area contributed by atoms with Crippen molar-refractivity contribution in [2.75, 3.05) is 56.5 Å². The number of benzene rings is 2. The van der Waals surface area contributed by atoms with E-state index in [0.717, 1.165) is 32.0 Å². The van der Waals surface area contributed by atoms with E-state index in [9.17, 15) is 19.4 Å². The monoisotopic (exact) mass is 532 g/mol. The first-order chi connectivity index (χ1) is 17.7. The highest BCUT2D eigenvalue weighted by atomic mass is 35.5. The minimum absolute atomic E-state index is 0.0665. The van der Waals surface area contributed by atoms with Crippen molar-refractivity contribution < 1.29 is 23.8 Å². The van der Waals surface area contributed by atoms with Gasteiger partial charge in [0, 0.05) is 43.2 Å². The first-order valence-corrected chi connectivity index (χ1v) is 12.5. The number of carbonyl (C=O) groups is 1. The van der Waals surface area contributed by atoms with E-state index in [1.54, 1.807) is 0 Å². The molecule has 1 aromatic heterocycles. The quantitative estimate of drug-likeness (QED) is 0.458. The Labute approximate surface area is 217 Å². The van der Waals surface area contributed by atoms with Gasteiger partial charge in [0.15, 0.2) is 5.82 Å². The number of fused-ring (bicyclic) bond motifs is 1. The Kier molecular flexibility index (Phi) is 6.91. The number of nitrogens with zero attached hydrogens (tertiary/aromatic N) is 5. The Morgan fingerprint density at radius 2 is 1.78 bits per heavy atom. The number of phenolic OH excluding ortho intramolecular Hbond substituents is 1. The smallest absolute Gasteiger partial charge is 0.407 e. The summed E-state index contributed by atoms with van der Waals surface area (Å²) in [7, 11) is 2.05. The third-order valence-corrected chi connectivity index (χ3v) is 7.30. The fourth-order valence-corrected chi connectivity index (χ4v) is 5.21. The molecular formula is C25H27ClF2N6O3. The van der Waals surface area contributed by atoms with Crippen LogP contribution in [0.1, 0.15) is 12.8 Å². The van der Waals surface area contributed by atoms with E-state index >= 15 is 4.39 Å². The minimum atomic E-state index is -1.000. The molecule has 3 heterocycles. The highest BCUT2D eigenvalue weighted by Gasteiger charge is 2.28. The Balaban J connectivity index is 1.63. The number of carboxylic acid groups (broad SMARTS) is 1. The fraction of sp³-hybridized carbons (Fsp3) is 0.400. The normalized spacial score (nSPS) is 17.4. The van der Waals surface area contributed by atoms with Crippen LogP contribution < -0.4 is 10.2 Å². The fourth-order valence-electron chi connectivity index (χ4n) is 4.92. The number of piperazine rings is 1. The van der Waals surface area contributed by atoms with E-state index < -0.39 is 23.5 Å². The van der Waals surface area contributed by atoms with Gasteiger partial charge in [-0.25, -0.2) is 18.6 Å². The molecule has 3 N–H and O–H groups in total. The molecule has 9 nitrogen and oxygen atoms in total. The van der Waals surface area contributed by atoms with E-state index in [1.807, 2.05) is 4.90 Å². The van der Waals surface area contributed by atoms with Crippen LogP contribution in [-0.4, -0.2) is 88.4 Å². The predicted octanol–water partition coefficient (Wildman–Crippen LogP) is 4.24. The van der Waals surface area contributed by atoms with E-state index in [1.165, 1.54) is 23.1 Å². The molecule has 0 atom stereocenters. The predicted molar refractivity (Wildman–Crippen MR) is 138 cm³/mol. The molecule has 37 heavy (non-hydrogen) atoms. The number of piperidine rings is 1. The van der Waals surface area contributed by atoms with Gasteiger partial charge in [0.1, 0.15) is 22.9 Å². The van der Waals surface area contributed by atoms with Crippen molar-refractivity contribution in [3.8, 4) is 16.9 Å². The summed E-state index contributed by atoms with van der Waals surface area (Å²) < 4.78 is 30.8. The number of halogens is 3. The number of nitrogens with one attached hydrogen (secondary N) is 1. The van der Waals surface area contributed by atoms with E-state index in [0.29, 0.717) is 24.3 Å². The van der Waals surface area contributed by atoms with Crippen LogP contribution in [0.4, 0.5) is 25.3 Å². The second-order valence-corrected chi connectivity index (χ2v) is 9.83. The van der Waals surface area contributed by atoms with Crippen LogP contribution in [0, 0.1) is 11.6 Å². The number of anilines is 2. The van der Waals surface area contributed by atoms with Gasteiger partial charge in [-0.2, -0.15) is 4.98 Å². The number of aromatic nitrogens is 2. The average molecular weight is 533 g/mol. The standard InChI is InChI=1S/C25H27ClF2N6O3/c1-32-7-5-14(6-8-32)29-24-30-22-15(23(31-24)33-9-11-34(12-10-33)25(36)37)13-16(26)19(21(22)28)20-17(27)3-2-4-18(20)35/h2-4,13-14,35H,5-12H2,1H3,(H,36,37)(H,29,30,31). The molecule has 0 saturated carbocycles. The number of hydrogen-bond acceptors (Lipinski definition) is 7. The molecule has 0 unspecified atom stereocenters. The van der Waals surface area contributed by atoms with Crippen molar-refractivity contribution in [3.63, 3.8) is 0 Å². The van der Waals surface area contributed by atoms with Crippen LogP contribution in [0.3, 0.4) is 0 Å². The van der Waals surface area contributed by atoms with Gasteiger partial charge in [-0.05, 0) is 51.2 Å². The molecule has 0 spiro atoms. The lowest BCUT2D eigenvalue weighted by Crippen LogP contribution is -2.48. The first kappa shape index (κ1) is 25.2. The lowest BCUT2D eigenvalue weighted by molar-refractivity contribution is 0.142. The van der Waals surface area contributed by atoms with Crippen molar-refractivity contribution >= 4 is 40.4 Å². The van der Waals surface area contributed by atoms with Crippen molar-refractivity contribution in [2.45, 2.75) is 18.9 Å². The van der Waals surface area contributed by atoms with Crippen molar-refractivity contribution in [3.05, 3.63) is 40.9 Å². The van der Waals surface area contributed by atoms with Crippen LogP contribution in [0.15, 0.2) is 24.3 Å². The van der Waals surface area contributed by atoms with Gasteiger partial charge in [0.25, 0.3) is 0 Å². The Morgan fingerprint density at radius 3 is 2.43 bits per heavy atom. The molecular weight excluding hydrogens is 506 g/mol. The molecule has 2 fully saturated rings. The maximum Gasteiger partial charge on any atom is 0.407 e. The summed E-state index contributed by atoms with van der Waals surface area (Å²) in [4.78, 5) is 26.0. The van der Waals surface area contributed by atoms with E-state index in [4.69, 9.17) is 16.6 Å². The molecule has 3 aromatic rings. The number of phenols is 1. The van der Waals surface area contributed by atoms with Gasteiger partial charge < -0.3 is 30.2 Å². The van der Waals surface area contributed by atoms with Gasteiger partial charge in [-0.15, -0.1) is 0 Å². The Morgan fingerprint density at radius 1 is 1.08 bits per heavy atom. The summed E-state index contributed by atoms with van der Waals surface area (Å²) >= 11 is 6.47. The van der Waals surface area contributed by atoms with Crippen LogP contribution >= 0.6 is 11.6 Å². The van der Waals surface area contributed by atoms with Gasteiger partial charge in [-0.1, -0.05) is 17.7 Å². The van der Waals surface area contributed by atoms with Crippen LogP contribution in [0.5, 0.6) is 5.75 Å². The molecule has 2 aliphatic heterocycles. The Hall–Kier alpha value is -3.44. The van der Waals surface area contributed by atoms with Gasteiger partial charge in [0.05, 0.1) is 10.6 Å². The molecule has 2 aliphatic rings. The lowest BCUT2D eigenvalue weighted by Gasteiger charge is -2.35. The number of hydrogen-bond donors (Lipinski definition) is 3. The average Bonchev–Trinajstić information content (AvgIpc) is 2.87. The molecule has 2 aromatic carbocycles. The molecule has 0 aliphatic carbocycles. The van der Waals surface area contributed by atoms with Crippen molar-refractivity contribution in [2.24, 2.45) is 0 Å². The van der Waals surface area contributed by atoms with Crippen molar-refractivity contribution in [1.29, 1.82) is 0 Å².